The lowest BCUT2D eigenvalue weighted by Gasteiger charge is -2.44. The number of rotatable bonds is 3. The summed E-state index contributed by atoms with van der Waals surface area (Å²) < 4.78 is 6.96. The fourth-order valence-corrected chi connectivity index (χ4v) is 3.63. The topological polar surface area (TPSA) is 54.5 Å². The van der Waals surface area contributed by atoms with Crippen molar-refractivity contribution in [1.29, 1.82) is 0 Å². The van der Waals surface area contributed by atoms with Gasteiger partial charge in [0.2, 0.25) is 5.91 Å². The number of aromatic nitrogens is 1. The van der Waals surface area contributed by atoms with Gasteiger partial charge >= 0.3 is 0 Å². The third-order valence-electron chi connectivity index (χ3n) is 4.45. The molecule has 2 aliphatic rings. The Labute approximate surface area is 139 Å². The molecule has 5 nitrogen and oxygen atoms in total. The number of nitrogens with one attached hydrogen (secondary N) is 1. The third kappa shape index (κ3) is 4.06. The number of morpholine rings is 1. The second-order valence-corrected chi connectivity index (χ2v) is 7.13. The number of carbonyl (C=O) groups excluding carboxylic acids is 1. The highest BCUT2D eigenvalue weighted by molar-refractivity contribution is 9.10. The molecule has 0 bridgehead atoms. The quantitative estimate of drug-likeness (QED) is 0.892. The Hall–Kier alpha value is -0.980. The van der Waals surface area contributed by atoms with Crippen molar-refractivity contribution in [3.63, 3.8) is 0 Å². The zero-order valence-corrected chi connectivity index (χ0v) is 14.3. The van der Waals surface area contributed by atoms with E-state index in [4.69, 9.17) is 4.74 Å². The standard InChI is InChI=1S/C16H22BrN3O2/c17-13-4-5-14(18-10-13)19-15(21)11-20-8-9-22-16(12-20)6-2-1-3-7-16/h4-5,10H,1-3,6-9,11-12H2,(H,18,19,21). The molecule has 0 aromatic carbocycles. The summed E-state index contributed by atoms with van der Waals surface area (Å²) in [6, 6.07) is 3.66. The van der Waals surface area contributed by atoms with Gasteiger partial charge in [-0.3, -0.25) is 9.69 Å². The Bertz CT molecular complexity index is 509. The lowest BCUT2D eigenvalue weighted by molar-refractivity contribution is -0.135. The molecule has 2 fully saturated rings. The van der Waals surface area contributed by atoms with Gasteiger partial charge < -0.3 is 10.1 Å². The summed E-state index contributed by atoms with van der Waals surface area (Å²) in [5, 5.41) is 2.85. The molecule has 2 heterocycles. The van der Waals surface area contributed by atoms with Gasteiger partial charge in [0.15, 0.2) is 0 Å². The monoisotopic (exact) mass is 367 g/mol. The summed E-state index contributed by atoms with van der Waals surface area (Å²) in [6.07, 6.45) is 7.71. The first kappa shape index (κ1) is 15.9. The van der Waals surface area contributed by atoms with E-state index in [9.17, 15) is 4.79 Å². The molecule has 1 amide bonds. The Balaban J connectivity index is 1.53. The van der Waals surface area contributed by atoms with Crippen molar-refractivity contribution in [2.75, 3.05) is 31.6 Å². The van der Waals surface area contributed by atoms with Gasteiger partial charge in [-0.05, 0) is 40.9 Å². The number of carbonyl (C=O) groups is 1. The van der Waals surface area contributed by atoms with Crippen LogP contribution in [0.25, 0.3) is 0 Å². The summed E-state index contributed by atoms with van der Waals surface area (Å²) in [6.45, 7) is 2.82. The van der Waals surface area contributed by atoms with Gasteiger partial charge in [0, 0.05) is 23.8 Å². The predicted octanol–water partition coefficient (Wildman–Crippen LogP) is 2.82. The van der Waals surface area contributed by atoms with Crippen molar-refractivity contribution < 1.29 is 9.53 Å². The molecule has 6 heteroatoms. The molecule has 1 saturated carbocycles. The number of hydrogen-bond donors (Lipinski definition) is 1. The molecule has 1 aliphatic carbocycles. The summed E-state index contributed by atoms with van der Waals surface area (Å²) in [7, 11) is 0. The first-order valence-electron chi connectivity index (χ1n) is 7.93. The van der Waals surface area contributed by atoms with E-state index in [-0.39, 0.29) is 11.5 Å². The van der Waals surface area contributed by atoms with Crippen molar-refractivity contribution in [1.82, 2.24) is 9.88 Å². The van der Waals surface area contributed by atoms with E-state index in [1.165, 1.54) is 19.3 Å². The van der Waals surface area contributed by atoms with Gasteiger partial charge in [0.25, 0.3) is 0 Å². The van der Waals surface area contributed by atoms with Crippen LogP contribution in [-0.2, 0) is 9.53 Å². The molecule has 3 rings (SSSR count). The molecule has 0 unspecified atom stereocenters. The SMILES string of the molecule is O=C(CN1CCOC2(CCCCC2)C1)Nc1ccc(Br)cn1. The average molecular weight is 368 g/mol. The van der Waals surface area contributed by atoms with E-state index in [0.29, 0.717) is 12.4 Å². The maximum Gasteiger partial charge on any atom is 0.239 e. The van der Waals surface area contributed by atoms with Crippen LogP contribution in [0.5, 0.6) is 0 Å². The van der Waals surface area contributed by atoms with Crippen molar-refractivity contribution >= 4 is 27.7 Å². The highest BCUT2D eigenvalue weighted by Gasteiger charge is 2.37. The van der Waals surface area contributed by atoms with Crippen LogP contribution >= 0.6 is 15.9 Å². The van der Waals surface area contributed by atoms with Gasteiger partial charge in [0.05, 0.1) is 18.8 Å². The maximum absolute atomic E-state index is 12.2. The largest absolute Gasteiger partial charge is 0.372 e. The van der Waals surface area contributed by atoms with Crippen LogP contribution in [-0.4, -0.2) is 47.6 Å². The lowest BCUT2D eigenvalue weighted by atomic mass is 9.83. The summed E-state index contributed by atoms with van der Waals surface area (Å²) >= 11 is 3.33. The minimum Gasteiger partial charge on any atom is -0.372 e. The highest BCUT2D eigenvalue weighted by atomic mass is 79.9. The van der Waals surface area contributed by atoms with E-state index in [1.807, 2.05) is 6.07 Å². The Morgan fingerprint density at radius 1 is 1.36 bits per heavy atom. The van der Waals surface area contributed by atoms with Crippen LogP contribution < -0.4 is 5.32 Å². The van der Waals surface area contributed by atoms with Gasteiger partial charge in [0.1, 0.15) is 5.82 Å². The van der Waals surface area contributed by atoms with Crippen LogP contribution in [0.2, 0.25) is 0 Å². The number of ether oxygens (including phenoxy) is 1. The Morgan fingerprint density at radius 2 is 2.18 bits per heavy atom. The van der Waals surface area contributed by atoms with Gasteiger partial charge in [-0.2, -0.15) is 0 Å². The fraction of sp³-hybridized carbons (Fsp3) is 0.625. The second-order valence-electron chi connectivity index (χ2n) is 6.21. The van der Waals surface area contributed by atoms with Crippen LogP contribution in [0.4, 0.5) is 5.82 Å². The van der Waals surface area contributed by atoms with Crippen molar-refractivity contribution in [3.8, 4) is 0 Å². The average Bonchev–Trinajstić information content (AvgIpc) is 2.50. The predicted molar refractivity (Wildman–Crippen MR) is 88.8 cm³/mol. The molecule has 0 radical (unpaired) electrons. The molecule has 1 spiro atoms. The normalized spacial score (nSPS) is 21.7. The molecule has 22 heavy (non-hydrogen) atoms. The Kier molecular flexibility index (Phi) is 5.10. The molecule has 0 atom stereocenters. The zero-order chi connectivity index (χ0) is 15.4. The highest BCUT2D eigenvalue weighted by Crippen LogP contribution is 2.34. The fourth-order valence-electron chi connectivity index (χ4n) is 3.39. The number of hydrogen-bond acceptors (Lipinski definition) is 4. The minimum absolute atomic E-state index is 0.00730. The van der Waals surface area contributed by atoms with Crippen molar-refractivity contribution in [2.45, 2.75) is 37.7 Å². The summed E-state index contributed by atoms with van der Waals surface area (Å²) in [5.41, 5.74) is -0.00730. The van der Waals surface area contributed by atoms with E-state index >= 15 is 0 Å². The molecular formula is C16H22BrN3O2. The van der Waals surface area contributed by atoms with Gasteiger partial charge in [-0.15, -0.1) is 0 Å². The van der Waals surface area contributed by atoms with E-state index in [2.05, 4.69) is 31.1 Å². The van der Waals surface area contributed by atoms with Gasteiger partial charge in [-0.1, -0.05) is 19.3 Å². The van der Waals surface area contributed by atoms with Crippen LogP contribution in [0.1, 0.15) is 32.1 Å². The number of amides is 1. The molecule has 1 aromatic heterocycles. The number of anilines is 1. The second kappa shape index (κ2) is 7.06. The van der Waals surface area contributed by atoms with Crippen LogP contribution in [0, 0.1) is 0 Å². The smallest absolute Gasteiger partial charge is 0.239 e. The molecule has 120 valence electrons. The van der Waals surface area contributed by atoms with E-state index in [0.717, 1.165) is 37.0 Å². The minimum atomic E-state index is -0.0114. The molecule has 1 N–H and O–H groups in total. The first-order valence-corrected chi connectivity index (χ1v) is 8.72. The third-order valence-corrected chi connectivity index (χ3v) is 4.92. The van der Waals surface area contributed by atoms with Crippen LogP contribution in [0.3, 0.4) is 0 Å². The van der Waals surface area contributed by atoms with Crippen molar-refractivity contribution in [2.24, 2.45) is 0 Å². The van der Waals surface area contributed by atoms with Gasteiger partial charge in [-0.25, -0.2) is 4.98 Å². The zero-order valence-electron chi connectivity index (χ0n) is 12.7. The first-order chi connectivity index (χ1) is 10.7. The molecule has 1 aliphatic heterocycles. The number of pyridine rings is 1. The molecular weight excluding hydrogens is 346 g/mol. The molecule has 1 aromatic rings. The van der Waals surface area contributed by atoms with E-state index < -0.39 is 0 Å². The van der Waals surface area contributed by atoms with Crippen LogP contribution in [0.15, 0.2) is 22.8 Å². The summed E-state index contributed by atoms with van der Waals surface area (Å²) in [4.78, 5) is 18.6. The lowest BCUT2D eigenvalue weighted by Crippen LogP contribution is -2.54. The molecule has 1 saturated heterocycles. The summed E-state index contributed by atoms with van der Waals surface area (Å²) in [5.74, 6) is 0.580. The van der Waals surface area contributed by atoms with E-state index in [1.54, 1.807) is 12.3 Å². The van der Waals surface area contributed by atoms with Crippen molar-refractivity contribution in [3.05, 3.63) is 22.8 Å². The Morgan fingerprint density at radius 3 is 2.91 bits per heavy atom. The number of halogens is 1. The number of nitrogens with zero attached hydrogens (tertiary/aromatic N) is 2. The maximum atomic E-state index is 12.2.